The molecule has 2 aliphatic rings. The highest BCUT2D eigenvalue weighted by Gasteiger charge is 2.71. The van der Waals surface area contributed by atoms with Crippen LogP contribution >= 0.6 is 46.4 Å². The van der Waals surface area contributed by atoms with Crippen LogP contribution < -0.4 is 5.32 Å². The molecule has 9 heteroatoms. The molecule has 2 fully saturated rings. The van der Waals surface area contributed by atoms with Gasteiger partial charge in [-0.25, -0.2) is 4.79 Å². The zero-order chi connectivity index (χ0) is 24.2. The third-order valence-corrected chi connectivity index (χ3v) is 9.02. The number of nitrogens with zero attached hydrogens (tertiary/aromatic N) is 1. The van der Waals surface area contributed by atoms with Crippen LogP contribution in [0.4, 0.5) is 5.69 Å². The summed E-state index contributed by atoms with van der Waals surface area (Å²) < 4.78 is 0. The van der Waals surface area contributed by atoms with Gasteiger partial charge < -0.3 is 10.2 Å². The van der Waals surface area contributed by atoms with E-state index in [1.807, 2.05) is 0 Å². The normalized spacial score (nSPS) is 26.5. The Bertz CT molecular complexity index is 1200. The van der Waals surface area contributed by atoms with Crippen molar-refractivity contribution >= 4 is 69.7 Å². The molecule has 2 atom stereocenters. The van der Waals surface area contributed by atoms with Crippen molar-refractivity contribution in [3.8, 4) is 0 Å². The molecule has 0 spiro atoms. The number of carbonyl (C=O) groups is 2. The maximum Gasteiger partial charge on any atom is 0.367 e. The lowest BCUT2D eigenvalue weighted by Gasteiger charge is -2.39. The average molecular weight is 528 g/mol. The van der Waals surface area contributed by atoms with Crippen molar-refractivity contribution in [1.82, 2.24) is 0 Å². The summed E-state index contributed by atoms with van der Waals surface area (Å²) in [5.74, 6) is -0.797. The summed E-state index contributed by atoms with van der Waals surface area (Å²) in [4.78, 5) is 31.4. The van der Waals surface area contributed by atoms with E-state index in [2.05, 4.69) is 31.2 Å². The molecular formula is C24H22Cl4N2O3. The van der Waals surface area contributed by atoms with E-state index in [4.69, 9.17) is 51.2 Å². The smallest absolute Gasteiger partial charge is 0.326 e. The Balaban J connectivity index is 1.59. The van der Waals surface area contributed by atoms with Crippen molar-refractivity contribution in [3.05, 3.63) is 62.1 Å². The van der Waals surface area contributed by atoms with Crippen LogP contribution in [-0.4, -0.2) is 17.6 Å². The van der Waals surface area contributed by atoms with Crippen LogP contribution in [0.2, 0.25) is 20.1 Å². The molecule has 0 radical (unpaired) electrons. The second-order valence-electron chi connectivity index (χ2n) is 9.34. The molecule has 2 aliphatic carbocycles. The van der Waals surface area contributed by atoms with Gasteiger partial charge in [0.05, 0.1) is 31.8 Å². The maximum absolute atomic E-state index is 13.6. The summed E-state index contributed by atoms with van der Waals surface area (Å²) in [7, 11) is 0. The third kappa shape index (κ3) is 3.83. The average Bonchev–Trinajstić information content (AvgIpc) is 3.05. The Hall–Kier alpha value is -1.79. The molecule has 0 aliphatic heterocycles. The van der Waals surface area contributed by atoms with Crippen molar-refractivity contribution in [3.63, 3.8) is 0 Å². The largest absolute Gasteiger partial charge is 0.367 e. The topological polar surface area (TPSA) is 67.8 Å². The first kappa shape index (κ1) is 24.3. The lowest BCUT2D eigenvalue weighted by Crippen LogP contribution is -2.43. The number of rotatable bonds is 4. The van der Waals surface area contributed by atoms with Crippen molar-refractivity contribution in [2.45, 2.75) is 40.0 Å². The number of nitrogens with one attached hydrogen (secondary N) is 1. The summed E-state index contributed by atoms with van der Waals surface area (Å²) in [5.41, 5.74) is -0.124. The molecule has 174 valence electrons. The molecule has 1 N–H and O–H groups in total. The molecule has 2 aromatic rings. The lowest BCUT2D eigenvalue weighted by molar-refractivity contribution is -0.130. The van der Waals surface area contributed by atoms with Crippen molar-refractivity contribution in [1.29, 1.82) is 0 Å². The van der Waals surface area contributed by atoms with E-state index in [1.54, 1.807) is 24.3 Å². The summed E-state index contributed by atoms with van der Waals surface area (Å²) in [6.07, 6.45) is 1.82. The molecule has 2 aromatic carbocycles. The highest BCUT2D eigenvalue weighted by Crippen LogP contribution is 2.71. The van der Waals surface area contributed by atoms with Gasteiger partial charge in [-0.2, -0.15) is 0 Å². The summed E-state index contributed by atoms with van der Waals surface area (Å²) >= 11 is 24.1. The van der Waals surface area contributed by atoms with Gasteiger partial charge in [0.2, 0.25) is 5.91 Å². The first-order valence-electron chi connectivity index (χ1n) is 10.4. The summed E-state index contributed by atoms with van der Waals surface area (Å²) in [6, 6.07) is 9.50. The maximum atomic E-state index is 13.6. The molecule has 0 heterocycles. The van der Waals surface area contributed by atoms with Gasteiger partial charge in [-0.1, -0.05) is 72.3 Å². The number of benzene rings is 2. The van der Waals surface area contributed by atoms with Gasteiger partial charge >= 0.3 is 5.97 Å². The number of carbonyl (C=O) groups excluding carboxylic acids is 2. The van der Waals surface area contributed by atoms with Crippen LogP contribution in [0.15, 0.2) is 41.6 Å². The zero-order valence-electron chi connectivity index (χ0n) is 18.3. The van der Waals surface area contributed by atoms with E-state index >= 15 is 0 Å². The molecule has 2 unspecified atom stereocenters. The van der Waals surface area contributed by atoms with E-state index < -0.39 is 22.2 Å². The summed E-state index contributed by atoms with van der Waals surface area (Å²) in [5, 5.41) is 8.61. The Morgan fingerprint density at radius 2 is 1.67 bits per heavy atom. The van der Waals surface area contributed by atoms with Gasteiger partial charge in [0.25, 0.3) is 0 Å². The minimum absolute atomic E-state index is 0.119. The molecule has 2 saturated carbocycles. The molecule has 33 heavy (non-hydrogen) atoms. The van der Waals surface area contributed by atoms with E-state index in [9.17, 15) is 9.59 Å². The van der Waals surface area contributed by atoms with Gasteiger partial charge in [-0.15, -0.1) is 0 Å². The van der Waals surface area contributed by atoms with Crippen molar-refractivity contribution in [2.24, 2.45) is 21.4 Å². The Morgan fingerprint density at radius 1 is 0.939 bits per heavy atom. The van der Waals surface area contributed by atoms with E-state index in [1.165, 1.54) is 12.1 Å². The molecule has 1 amide bonds. The van der Waals surface area contributed by atoms with E-state index in [-0.39, 0.29) is 16.5 Å². The molecule has 5 nitrogen and oxygen atoms in total. The fourth-order valence-electron chi connectivity index (χ4n) is 5.15. The van der Waals surface area contributed by atoms with E-state index in [0.29, 0.717) is 39.3 Å². The predicted octanol–water partition coefficient (Wildman–Crippen LogP) is 7.67. The Labute approximate surface area is 212 Å². The fourth-order valence-corrected chi connectivity index (χ4v) is 5.93. The standard InChI is InChI=1S/C24H22Cl4N2O3/c1-22(2)23(3)8-9-24(22,21(32)29-14-5-7-16(26)18(28)11-14)12-19(23)30-33-20(31)15-6-4-13(25)10-17(15)27/h4-7,10-11H,8-9,12H2,1-3H3,(H,29,32)/b30-19-. The van der Waals surface area contributed by atoms with Crippen LogP contribution in [0.3, 0.4) is 0 Å². The second kappa shape index (κ2) is 8.46. The quantitative estimate of drug-likeness (QED) is 0.327. The zero-order valence-corrected chi connectivity index (χ0v) is 21.3. The number of hydrogen-bond acceptors (Lipinski definition) is 4. The minimum Gasteiger partial charge on any atom is -0.326 e. The van der Waals surface area contributed by atoms with Gasteiger partial charge in [-0.3, -0.25) is 4.79 Å². The minimum atomic E-state index is -0.711. The van der Waals surface area contributed by atoms with Crippen LogP contribution in [0, 0.1) is 16.2 Å². The molecule has 0 aromatic heterocycles. The first-order chi connectivity index (χ1) is 15.4. The third-order valence-electron chi connectivity index (χ3n) is 7.74. The highest BCUT2D eigenvalue weighted by atomic mass is 35.5. The highest BCUT2D eigenvalue weighted by molar-refractivity contribution is 6.42. The fraction of sp³-hybridized carbons (Fsp3) is 0.375. The molecule has 2 bridgehead atoms. The van der Waals surface area contributed by atoms with Gasteiger partial charge in [0.1, 0.15) is 0 Å². The molecular weight excluding hydrogens is 506 g/mol. The first-order valence-corrected chi connectivity index (χ1v) is 11.9. The van der Waals surface area contributed by atoms with Crippen LogP contribution in [-0.2, 0) is 9.63 Å². The number of amides is 1. The predicted molar refractivity (Wildman–Crippen MR) is 133 cm³/mol. The van der Waals surface area contributed by atoms with Gasteiger partial charge in [0, 0.05) is 22.5 Å². The van der Waals surface area contributed by atoms with E-state index in [0.717, 1.165) is 6.42 Å². The Morgan fingerprint density at radius 3 is 2.33 bits per heavy atom. The van der Waals surface area contributed by atoms with Crippen molar-refractivity contribution in [2.75, 3.05) is 5.32 Å². The number of fused-ring (bicyclic) bond motifs is 2. The Kier molecular flexibility index (Phi) is 6.24. The second-order valence-corrected chi connectivity index (χ2v) is 11.0. The lowest BCUT2D eigenvalue weighted by atomic mass is 9.64. The number of hydrogen-bond donors (Lipinski definition) is 1. The number of halogens is 4. The summed E-state index contributed by atoms with van der Waals surface area (Å²) in [6.45, 7) is 6.19. The monoisotopic (exact) mass is 526 g/mol. The van der Waals surface area contributed by atoms with Crippen LogP contribution in [0.25, 0.3) is 0 Å². The SMILES string of the molecule is CC12CCC(C(=O)Nc3ccc(Cl)c(Cl)c3)(C/C1=N/OC(=O)c1ccc(Cl)cc1Cl)C2(C)C. The van der Waals surface area contributed by atoms with Gasteiger partial charge in [-0.05, 0) is 54.7 Å². The van der Waals surface area contributed by atoms with Crippen LogP contribution in [0.1, 0.15) is 50.4 Å². The molecule has 0 saturated heterocycles. The number of oxime groups is 1. The van der Waals surface area contributed by atoms with Crippen molar-refractivity contribution < 1.29 is 14.4 Å². The molecule has 4 rings (SSSR count). The van der Waals surface area contributed by atoms with Crippen LogP contribution in [0.5, 0.6) is 0 Å². The van der Waals surface area contributed by atoms with Gasteiger partial charge in [0.15, 0.2) is 0 Å². The number of anilines is 1.